The molecule has 0 amide bonds. The maximum Gasteiger partial charge on any atom is 0.0785 e. The second kappa shape index (κ2) is 16.1. The van der Waals surface area contributed by atoms with Gasteiger partial charge in [-0.3, -0.25) is 0 Å². The lowest BCUT2D eigenvalue weighted by Gasteiger charge is -2.52. The molecule has 0 fully saturated rings. The summed E-state index contributed by atoms with van der Waals surface area (Å²) in [4.78, 5) is 4.54. The Morgan fingerprint density at radius 3 is 0.800 bits per heavy atom. The van der Waals surface area contributed by atoms with E-state index in [4.69, 9.17) is 0 Å². The quantitative estimate of drug-likeness (QED) is 0.141. The third-order valence-electron chi connectivity index (χ3n) is 12.4. The molecule has 1 spiro atoms. The second-order valence-electron chi connectivity index (χ2n) is 21.6. The summed E-state index contributed by atoms with van der Waals surface area (Å²) in [5, 5.41) is 62.2. The van der Waals surface area contributed by atoms with Crippen molar-refractivity contribution in [2.24, 2.45) is 0 Å². The zero-order valence-corrected chi connectivity index (χ0v) is 39.9. The molecule has 0 unspecified atom stereocenters. The van der Waals surface area contributed by atoms with Crippen molar-refractivity contribution in [1.29, 1.82) is 0 Å². The largest absolute Gasteiger partial charge is 0.336 e. The predicted molar refractivity (Wildman–Crippen MR) is 261 cm³/mol. The van der Waals surface area contributed by atoms with E-state index in [9.17, 15) is 20.8 Å². The van der Waals surface area contributed by atoms with Crippen molar-refractivity contribution in [1.82, 2.24) is 0 Å². The van der Waals surface area contributed by atoms with Crippen LogP contribution in [0.25, 0.3) is 0 Å². The highest BCUT2D eigenvalue weighted by molar-refractivity contribution is 5.94. The van der Waals surface area contributed by atoms with Crippen LogP contribution in [0.4, 0.5) is 45.5 Å². The Balaban J connectivity index is 1.60. The van der Waals surface area contributed by atoms with Crippen LogP contribution in [0, 0.1) is 0 Å². The van der Waals surface area contributed by atoms with E-state index >= 15 is 0 Å². The monoisotopic (exact) mass is 870 g/mol. The predicted octanol–water partition coefficient (Wildman–Crippen LogP) is 13.2. The molecule has 6 aromatic rings. The van der Waals surface area contributed by atoms with Gasteiger partial charge >= 0.3 is 0 Å². The minimum Gasteiger partial charge on any atom is -0.336 e. The topological polar surface area (TPSA) is 99.0 Å². The standard InChI is InChI=1S/C55H62N6O4/c1-51(2,3)58(62)39-23-27-47-43(31-39)55(44-32-40(59(63)52(4,5)6)24-28-48(44)56(47)35-37-19-15-13-16-20-37)45-33-41(60(64)53(7,8)9)25-29-49(45)57(36-38-21-17-14-18-22-38)50-30-26-42(34-46(50)55)61(65)54(10,11)12/h13-34H,35-36H2,1-12H3. The average Bonchev–Trinajstić information content (AvgIpc) is 3.26. The summed E-state index contributed by atoms with van der Waals surface area (Å²) in [6.07, 6.45) is 0. The van der Waals surface area contributed by atoms with E-state index in [1.807, 2.05) is 192 Å². The normalized spacial score (nSPS) is 14.3. The molecule has 0 aliphatic carbocycles. The Bertz CT molecular complexity index is 2360. The van der Waals surface area contributed by atoms with Crippen molar-refractivity contribution < 1.29 is 20.8 Å². The smallest absolute Gasteiger partial charge is 0.0785 e. The van der Waals surface area contributed by atoms with E-state index in [-0.39, 0.29) is 0 Å². The van der Waals surface area contributed by atoms with E-state index in [0.717, 1.165) is 76.4 Å². The zero-order chi connectivity index (χ0) is 47.0. The summed E-state index contributed by atoms with van der Waals surface area (Å²) in [6.45, 7) is 23.7. The summed E-state index contributed by atoms with van der Waals surface area (Å²) >= 11 is 0. The summed E-state index contributed by atoms with van der Waals surface area (Å²) in [5.41, 5.74) is 6.03. The average molecular weight is 871 g/mol. The molecular formula is C55H62N6O4. The van der Waals surface area contributed by atoms with Crippen LogP contribution in [0.3, 0.4) is 0 Å². The molecule has 2 aliphatic heterocycles. The van der Waals surface area contributed by atoms with Crippen molar-refractivity contribution >= 4 is 45.5 Å². The van der Waals surface area contributed by atoms with Gasteiger partial charge in [-0.25, -0.2) is 20.3 Å². The Hall–Kier alpha value is -6.04. The highest BCUT2D eigenvalue weighted by atomic mass is 16.5. The highest BCUT2D eigenvalue weighted by Gasteiger charge is 2.53. The van der Waals surface area contributed by atoms with Gasteiger partial charge in [0.05, 0.1) is 50.3 Å². The number of hydrogen-bond donors (Lipinski definition) is 0. The molecule has 0 atom stereocenters. The van der Waals surface area contributed by atoms with E-state index in [1.54, 1.807) is 0 Å². The van der Waals surface area contributed by atoms with Gasteiger partial charge in [0.1, 0.15) is 0 Å². The fourth-order valence-electron chi connectivity index (χ4n) is 9.30. The van der Waals surface area contributed by atoms with Crippen LogP contribution in [0.5, 0.6) is 0 Å². The molecule has 0 aromatic heterocycles. The number of nitrogens with zero attached hydrogens (tertiary/aromatic N) is 6. The molecule has 336 valence electrons. The maximum atomic E-state index is 14.5. The third kappa shape index (κ3) is 8.07. The van der Waals surface area contributed by atoms with E-state index in [1.165, 1.54) is 0 Å². The van der Waals surface area contributed by atoms with Crippen LogP contribution < -0.4 is 30.1 Å². The number of hydroxylamine groups is 4. The summed E-state index contributed by atoms with van der Waals surface area (Å²) in [6, 6.07) is 44.2. The number of anilines is 8. The molecule has 0 saturated carbocycles. The lowest BCUT2D eigenvalue weighted by molar-refractivity contribution is 0.102. The summed E-state index contributed by atoms with van der Waals surface area (Å²) < 4.78 is 0. The number of fused-ring (bicyclic) bond motifs is 8. The SMILES string of the molecule is CC(C)(C)N([O])c1ccc2c(c1)C1(c3cc(N([O])C(C)(C)C)ccc3N2Cc2ccccc2)c2cc(N([O])C(C)(C)C)ccc2N(Cc2ccccc2)c2ccc(N([O])C(C)(C)C)cc21. The van der Waals surface area contributed by atoms with Crippen LogP contribution in [-0.2, 0) is 39.3 Å². The molecular weight excluding hydrogens is 809 g/mol. The van der Waals surface area contributed by atoms with Gasteiger partial charge in [0.15, 0.2) is 0 Å². The molecule has 0 bridgehead atoms. The van der Waals surface area contributed by atoms with Gasteiger partial charge in [0.25, 0.3) is 0 Å². The van der Waals surface area contributed by atoms with Crippen LogP contribution >= 0.6 is 0 Å². The Morgan fingerprint density at radius 2 is 0.585 bits per heavy atom. The first-order chi connectivity index (χ1) is 30.4. The van der Waals surface area contributed by atoms with Crippen molar-refractivity contribution in [3.63, 3.8) is 0 Å². The Labute approximate surface area is 385 Å². The van der Waals surface area contributed by atoms with Gasteiger partial charge in [-0.2, -0.15) is 0 Å². The molecule has 65 heavy (non-hydrogen) atoms. The van der Waals surface area contributed by atoms with Crippen LogP contribution in [0.15, 0.2) is 133 Å². The van der Waals surface area contributed by atoms with E-state index in [2.05, 4.69) is 34.1 Å². The molecule has 10 heteroatoms. The Kier molecular flexibility index (Phi) is 11.3. The molecule has 4 radical (unpaired) electrons. The molecule has 10 nitrogen and oxygen atoms in total. The maximum absolute atomic E-state index is 14.5. The van der Waals surface area contributed by atoms with Gasteiger partial charge in [0, 0.05) is 35.8 Å². The van der Waals surface area contributed by atoms with Crippen LogP contribution in [-0.4, -0.2) is 22.2 Å². The van der Waals surface area contributed by atoms with Crippen LogP contribution in [0.2, 0.25) is 0 Å². The van der Waals surface area contributed by atoms with Crippen molar-refractivity contribution in [3.8, 4) is 0 Å². The zero-order valence-electron chi connectivity index (χ0n) is 39.9. The Morgan fingerprint density at radius 1 is 0.354 bits per heavy atom. The number of benzene rings is 6. The summed E-state index contributed by atoms with van der Waals surface area (Å²) in [5.74, 6) is 0. The molecule has 2 heterocycles. The van der Waals surface area contributed by atoms with Gasteiger partial charge in [0.2, 0.25) is 0 Å². The first kappa shape index (κ1) is 45.5. The van der Waals surface area contributed by atoms with Crippen LogP contribution in [0.1, 0.15) is 116 Å². The fourth-order valence-corrected chi connectivity index (χ4v) is 9.30. The van der Waals surface area contributed by atoms with Crippen molar-refractivity contribution in [2.75, 3.05) is 30.1 Å². The lowest BCUT2D eigenvalue weighted by atomic mass is 9.59. The molecule has 6 aromatic carbocycles. The van der Waals surface area contributed by atoms with E-state index in [0.29, 0.717) is 35.8 Å². The second-order valence-corrected chi connectivity index (χ2v) is 21.6. The van der Waals surface area contributed by atoms with Gasteiger partial charge in [-0.15, -0.1) is 0 Å². The minimum absolute atomic E-state index is 0.456. The van der Waals surface area contributed by atoms with Gasteiger partial charge < -0.3 is 9.80 Å². The lowest BCUT2D eigenvalue weighted by Crippen LogP contribution is -2.45. The van der Waals surface area contributed by atoms with Crippen molar-refractivity contribution in [3.05, 3.63) is 167 Å². The molecule has 2 aliphatic rings. The van der Waals surface area contributed by atoms with Gasteiger partial charge in [-0.05, 0) is 189 Å². The first-order valence-corrected chi connectivity index (χ1v) is 22.5. The van der Waals surface area contributed by atoms with Gasteiger partial charge in [-0.1, -0.05) is 81.5 Å². The molecule has 8 rings (SSSR count). The summed E-state index contributed by atoms with van der Waals surface area (Å²) in [7, 11) is 0. The third-order valence-corrected chi connectivity index (χ3v) is 12.4. The van der Waals surface area contributed by atoms with Crippen molar-refractivity contribution in [2.45, 2.75) is 124 Å². The molecule has 0 N–H and O–H groups in total. The minimum atomic E-state index is -1.30. The molecule has 0 saturated heterocycles. The first-order valence-electron chi connectivity index (χ1n) is 22.5. The number of hydrogen-bond acceptors (Lipinski definition) is 6. The highest BCUT2D eigenvalue weighted by Crippen LogP contribution is 2.64. The number of rotatable bonds is 8. The fraction of sp³-hybridized carbons (Fsp3) is 0.345. The van der Waals surface area contributed by atoms with E-state index < -0.39 is 27.6 Å².